The van der Waals surface area contributed by atoms with E-state index in [0.717, 1.165) is 25.7 Å². The highest BCUT2D eigenvalue weighted by atomic mass is 32.2. The third kappa shape index (κ3) is 4.11. The SMILES string of the molecule is O=C(COC(=O)c1cc2c(s1)CCCC2)NC1CCS(=O)(=O)C1. The van der Waals surface area contributed by atoms with Crippen molar-refractivity contribution in [3.05, 3.63) is 21.4 Å². The van der Waals surface area contributed by atoms with Gasteiger partial charge in [0.1, 0.15) is 4.88 Å². The summed E-state index contributed by atoms with van der Waals surface area (Å²) in [6.45, 7) is -0.377. The maximum atomic E-state index is 12.0. The number of ether oxygens (including phenoxy) is 1. The maximum absolute atomic E-state index is 12.0. The number of thiophene rings is 1. The van der Waals surface area contributed by atoms with Crippen molar-refractivity contribution in [3.8, 4) is 0 Å². The predicted molar refractivity (Wildman–Crippen MR) is 86.4 cm³/mol. The Morgan fingerprint density at radius 3 is 2.78 bits per heavy atom. The summed E-state index contributed by atoms with van der Waals surface area (Å²) in [6, 6.07) is 1.49. The number of aryl methyl sites for hydroxylation is 2. The number of carbonyl (C=O) groups excluding carboxylic acids is 2. The van der Waals surface area contributed by atoms with Gasteiger partial charge in [0.2, 0.25) is 0 Å². The molecule has 6 nitrogen and oxygen atoms in total. The van der Waals surface area contributed by atoms with Crippen LogP contribution < -0.4 is 5.32 Å². The van der Waals surface area contributed by atoms with Crippen molar-refractivity contribution in [3.63, 3.8) is 0 Å². The summed E-state index contributed by atoms with van der Waals surface area (Å²) in [6.07, 6.45) is 4.71. The molecule has 2 heterocycles. The largest absolute Gasteiger partial charge is 0.451 e. The Bertz CT molecular complexity index is 699. The molecule has 1 saturated heterocycles. The number of nitrogens with one attached hydrogen (secondary N) is 1. The molecule has 1 aliphatic carbocycles. The molecule has 1 fully saturated rings. The second-order valence-electron chi connectivity index (χ2n) is 6.01. The third-order valence-electron chi connectivity index (χ3n) is 4.13. The molecule has 2 aliphatic rings. The summed E-state index contributed by atoms with van der Waals surface area (Å²) in [5.41, 5.74) is 1.22. The second-order valence-corrected chi connectivity index (χ2v) is 9.38. The van der Waals surface area contributed by atoms with Crippen LogP contribution in [0.15, 0.2) is 6.07 Å². The zero-order chi connectivity index (χ0) is 16.4. The lowest BCUT2D eigenvalue weighted by Gasteiger charge is -2.10. The first-order valence-electron chi connectivity index (χ1n) is 7.71. The lowest BCUT2D eigenvalue weighted by molar-refractivity contribution is -0.124. The highest BCUT2D eigenvalue weighted by Crippen LogP contribution is 2.29. The van der Waals surface area contributed by atoms with Gasteiger partial charge in [-0.3, -0.25) is 4.79 Å². The summed E-state index contributed by atoms with van der Waals surface area (Å²) in [5, 5.41) is 2.60. The highest BCUT2D eigenvalue weighted by molar-refractivity contribution is 7.91. The Morgan fingerprint density at radius 2 is 2.09 bits per heavy atom. The molecule has 0 spiro atoms. The van der Waals surface area contributed by atoms with E-state index in [9.17, 15) is 18.0 Å². The van der Waals surface area contributed by atoms with Gasteiger partial charge >= 0.3 is 5.97 Å². The van der Waals surface area contributed by atoms with E-state index in [2.05, 4.69) is 5.32 Å². The standard InChI is InChI=1S/C15H19NO5S2/c17-14(16-11-5-6-23(19,20)9-11)8-21-15(18)13-7-10-3-1-2-4-12(10)22-13/h7,11H,1-6,8-9H2,(H,16,17). The van der Waals surface area contributed by atoms with Crippen molar-refractivity contribution >= 4 is 33.1 Å². The number of hydrogen-bond acceptors (Lipinski definition) is 6. The molecule has 0 saturated carbocycles. The predicted octanol–water partition coefficient (Wildman–Crippen LogP) is 1.09. The Morgan fingerprint density at radius 1 is 1.30 bits per heavy atom. The summed E-state index contributed by atoms with van der Waals surface area (Å²) in [4.78, 5) is 25.6. The Kier molecular flexibility index (Phi) is 4.72. The lowest BCUT2D eigenvalue weighted by atomic mass is 9.99. The number of hydrogen-bond donors (Lipinski definition) is 1. The van der Waals surface area contributed by atoms with Crippen molar-refractivity contribution in [2.45, 2.75) is 38.1 Å². The Hall–Kier alpha value is -1.41. The molecule has 1 aromatic heterocycles. The fraction of sp³-hybridized carbons (Fsp3) is 0.600. The summed E-state index contributed by atoms with van der Waals surface area (Å²) in [5.74, 6) is -0.886. The monoisotopic (exact) mass is 357 g/mol. The van der Waals surface area contributed by atoms with Crippen LogP contribution in [0.5, 0.6) is 0 Å². The van der Waals surface area contributed by atoms with Crippen LogP contribution in [-0.2, 0) is 32.2 Å². The zero-order valence-corrected chi connectivity index (χ0v) is 14.3. The van der Waals surface area contributed by atoms with E-state index in [1.807, 2.05) is 6.07 Å². The summed E-state index contributed by atoms with van der Waals surface area (Å²) >= 11 is 1.44. The average molecular weight is 357 g/mol. The quantitative estimate of drug-likeness (QED) is 0.815. The molecule has 1 aliphatic heterocycles. The minimum atomic E-state index is -3.04. The average Bonchev–Trinajstić information content (AvgIpc) is 3.07. The molecule has 1 unspecified atom stereocenters. The van der Waals surface area contributed by atoms with Gasteiger partial charge in [0.05, 0.1) is 11.5 Å². The van der Waals surface area contributed by atoms with E-state index in [0.29, 0.717) is 11.3 Å². The maximum Gasteiger partial charge on any atom is 0.348 e. The number of carbonyl (C=O) groups is 2. The minimum Gasteiger partial charge on any atom is -0.451 e. The minimum absolute atomic E-state index is 0.0374. The molecule has 1 atom stereocenters. The number of fused-ring (bicyclic) bond motifs is 1. The van der Waals surface area contributed by atoms with Crippen LogP contribution in [0.3, 0.4) is 0 Å². The van der Waals surface area contributed by atoms with Gasteiger partial charge < -0.3 is 10.1 Å². The van der Waals surface area contributed by atoms with Crippen LogP contribution >= 0.6 is 11.3 Å². The van der Waals surface area contributed by atoms with Crippen molar-refractivity contribution in [2.75, 3.05) is 18.1 Å². The van der Waals surface area contributed by atoms with E-state index >= 15 is 0 Å². The van der Waals surface area contributed by atoms with Crippen LogP contribution in [0, 0.1) is 0 Å². The summed E-state index contributed by atoms with van der Waals surface area (Å²) in [7, 11) is -3.04. The van der Waals surface area contributed by atoms with Gasteiger partial charge in [-0.1, -0.05) is 0 Å². The summed E-state index contributed by atoms with van der Waals surface area (Å²) < 4.78 is 27.7. The molecule has 1 N–H and O–H groups in total. The van der Waals surface area contributed by atoms with E-state index in [1.54, 1.807) is 0 Å². The molecule has 23 heavy (non-hydrogen) atoms. The third-order valence-corrected chi connectivity index (χ3v) is 7.11. The highest BCUT2D eigenvalue weighted by Gasteiger charge is 2.29. The first-order valence-corrected chi connectivity index (χ1v) is 10.4. The van der Waals surface area contributed by atoms with Crippen LogP contribution in [0.25, 0.3) is 0 Å². The first-order chi connectivity index (χ1) is 10.9. The Balaban J connectivity index is 1.49. The van der Waals surface area contributed by atoms with Crippen LogP contribution in [0.2, 0.25) is 0 Å². The van der Waals surface area contributed by atoms with Gasteiger partial charge in [-0.15, -0.1) is 11.3 Å². The molecule has 8 heteroatoms. The molecule has 1 aromatic rings. The van der Waals surface area contributed by atoms with Gasteiger partial charge in [0.25, 0.3) is 5.91 Å². The molecule has 0 bridgehead atoms. The van der Waals surface area contributed by atoms with Crippen molar-refractivity contribution in [1.82, 2.24) is 5.32 Å². The fourth-order valence-corrected chi connectivity index (χ4v) is 5.79. The van der Waals surface area contributed by atoms with Gasteiger partial charge in [0.15, 0.2) is 16.4 Å². The van der Waals surface area contributed by atoms with Crippen LogP contribution in [0.4, 0.5) is 0 Å². The Labute approximate surface area is 139 Å². The molecule has 0 radical (unpaired) electrons. The van der Waals surface area contributed by atoms with E-state index in [-0.39, 0.29) is 24.2 Å². The van der Waals surface area contributed by atoms with Crippen molar-refractivity contribution < 1.29 is 22.7 Å². The second kappa shape index (κ2) is 6.60. The molecular formula is C15H19NO5S2. The fourth-order valence-electron chi connectivity index (χ4n) is 2.97. The molecule has 1 amide bonds. The molecule has 0 aromatic carbocycles. The van der Waals surface area contributed by atoms with Gasteiger partial charge in [-0.25, -0.2) is 13.2 Å². The zero-order valence-electron chi connectivity index (χ0n) is 12.7. The molecule has 3 rings (SSSR count). The van der Waals surface area contributed by atoms with Crippen molar-refractivity contribution in [1.29, 1.82) is 0 Å². The van der Waals surface area contributed by atoms with Gasteiger partial charge in [0, 0.05) is 10.9 Å². The van der Waals surface area contributed by atoms with Crippen molar-refractivity contribution in [2.24, 2.45) is 0 Å². The smallest absolute Gasteiger partial charge is 0.348 e. The first kappa shape index (κ1) is 16.4. The van der Waals surface area contributed by atoms with E-state index in [1.165, 1.54) is 21.8 Å². The van der Waals surface area contributed by atoms with Gasteiger partial charge in [-0.05, 0) is 43.7 Å². The van der Waals surface area contributed by atoms with Gasteiger partial charge in [-0.2, -0.15) is 0 Å². The number of sulfone groups is 1. The molecule has 126 valence electrons. The molecular weight excluding hydrogens is 338 g/mol. The number of rotatable bonds is 4. The normalized spacial score (nSPS) is 22.3. The van der Waals surface area contributed by atoms with E-state index < -0.39 is 21.7 Å². The number of amides is 1. The number of esters is 1. The van der Waals surface area contributed by atoms with Crippen LogP contribution in [-0.4, -0.2) is 44.4 Å². The van der Waals surface area contributed by atoms with E-state index in [4.69, 9.17) is 4.74 Å². The lowest BCUT2D eigenvalue weighted by Crippen LogP contribution is -2.38. The van der Waals surface area contributed by atoms with Crippen LogP contribution in [0.1, 0.15) is 39.4 Å². The topological polar surface area (TPSA) is 89.5 Å².